The number of imide groups is 1. The SMILES string of the molecule is CC(C)OC(=O)CN1C(=O)S/C(=C/c2cccnc2)C1=O. The van der Waals surface area contributed by atoms with Gasteiger partial charge in [0, 0.05) is 12.4 Å². The molecule has 2 heterocycles. The van der Waals surface area contributed by atoms with Crippen molar-refractivity contribution in [3.8, 4) is 0 Å². The Morgan fingerprint density at radius 1 is 1.48 bits per heavy atom. The maximum Gasteiger partial charge on any atom is 0.326 e. The molecule has 0 atom stereocenters. The van der Waals surface area contributed by atoms with E-state index in [1.807, 2.05) is 0 Å². The molecule has 1 fully saturated rings. The number of pyridine rings is 1. The largest absolute Gasteiger partial charge is 0.462 e. The molecule has 0 radical (unpaired) electrons. The molecular formula is C14H14N2O4S. The van der Waals surface area contributed by atoms with E-state index in [-0.39, 0.29) is 17.6 Å². The molecule has 0 aliphatic carbocycles. The lowest BCUT2D eigenvalue weighted by atomic mass is 10.2. The van der Waals surface area contributed by atoms with Gasteiger partial charge in [-0.15, -0.1) is 0 Å². The van der Waals surface area contributed by atoms with Crippen molar-refractivity contribution in [3.63, 3.8) is 0 Å². The van der Waals surface area contributed by atoms with Gasteiger partial charge in [-0.25, -0.2) is 0 Å². The van der Waals surface area contributed by atoms with E-state index >= 15 is 0 Å². The maximum atomic E-state index is 12.1. The highest BCUT2D eigenvalue weighted by Gasteiger charge is 2.36. The molecule has 1 aromatic rings. The number of carbonyl (C=O) groups is 3. The van der Waals surface area contributed by atoms with Gasteiger partial charge in [-0.2, -0.15) is 0 Å². The third kappa shape index (κ3) is 3.91. The zero-order valence-electron chi connectivity index (χ0n) is 11.6. The van der Waals surface area contributed by atoms with Crippen molar-refractivity contribution in [2.24, 2.45) is 0 Å². The molecule has 0 spiro atoms. The molecule has 21 heavy (non-hydrogen) atoms. The van der Waals surface area contributed by atoms with Gasteiger partial charge in [-0.05, 0) is 43.3 Å². The lowest BCUT2D eigenvalue weighted by molar-refractivity contribution is -0.149. The van der Waals surface area contributed by atoms with Crippen LogP contribution < -0.4 is 0 Å². The Hall–Kier alpha value is -2.15. The van der Waals surface area contributed by atoms with Crippen molar-refractivity contribution < 1.29 is 19.1 Å². The van der Waals surface area contributed by atoms with Crippen LogP contribution in [0.5, 0.6) is 0 Å². The van der Waals surface area contributed by atoms with Gasteiger partial charge < -0.3 is 4.74 Å². The van der Waals surface area contributed by atoms with Gasteiger partial charge in [0.2, 0.25) is 0 Å². The second kappa shape index (κ2) is 6.53. The van der Waals surface area contributed by atoms with Gasteiger partial charge in [0.1, 0.15) is 6.54 Å². The van der Waals surface area contributed by atoms with E-state index in [0.29, 0.717) is 5.56 Å². The maximum absolute atomic E-state index is 12.1. The molecule has 2 amide bonds. The van der Waals surface area contributed by atoms with Crippen LogP contribution in [0.1, 0.15) is 19.4 Å². The molecule has 1 saturated heterocycles. The molecule has 0 unspecified atom stereocenters. The lowest BCUT2D eigenvalue weighted by Gasteiger charge is -2.13. The summed E-state index contributed by atoms with van der Waals surface area (Å²) in [6.07, 6.45) is 4.49. The van der Waals surface area contributed by atoms with Crippen LogP contribution >= 0.6 is 11.8 Å². The van der Waals surface area contributed by atoms with Crippen LogP contribution in [0, 0.1) is 0 Å². The monoisotopic (exact) mass is 306 g/mol. The minimum atomic E-state index is -0.602. The quantitative estimate of drug-likeness (QED) is 0.626. The molecule has 1 aliphatic heterocycles. The number of hydrogen-bond acceptors (Lipinski definition) is 6. The fourth-order valence-corrected chi connectivity index (χ4v) is 2.52. The Morgan fingerprint density at radius 3 is 2.86 bits per heavy atom. The number of nitrogens with zero attached hydrogens (tertiary/aromatic N) is 2. The Balaban J connectivity index is 2.10. The number of rotatable bonds is 4. The topological polar surface area (TPSA) is 76.6 Å². The van der Waals surface area contributed by atoms with Crippen LogP contribution in [0.4, 0.5) is 4.79 Å². The molecule has 1 aliphatic rings. The molecule has 7 heteroatoms. The van der Waals surface area contributed by atoms with Crippen molar-refractivity contribution in [2.45, 2.75) is 20.0 Å². The Kier molecular flexibility index (Phi) is 4.74. The highest BCUT2D eigenvalue weighted by molar-refractivity contribution is 8.18. The van der Waals surface area contributed by atoms with Crippen LogP contribution in [0.25, 0.3) is 6.08 Å². The van der Waals surface area contributed by atoms with E-state index in [1.54, 1.807) is 44.4 Å². The van der Waals surface area contributed by atoms with E-state index in [4.69, 9.17) is 4.74 Å². The summed E-state index contributed by atoms with van der Waals surface area (Å²) < 4.78 is 4.94. The average Bonchev–Trinajstić information content (AvgIpc) is 2.67. The first kappa shape index (κ1) is 15.2. The van der Waals surface area contributed by atoms with E-state index in [1.165, 1.54) is 0 Å². The zero-order valence-corrected chi connectivity index (χ0v) is 12.4. The molecule has 0 aromatic carbocycles. The van der Waals surface area contributed by atoms with Gasteiger partial charge in [0.25, 0.3) is 11.1 Å². The van der Waals surface area contributed by atoms with Crippen molar-refractivity contribution in [2.75, 3.05) is 6.54 Å². The normalized spacial score (nSPS) is 16.9. The molecule has 6 nitrogen and oxygen atoms in total. The zero-order chi connectivity index (χ0) is 15.4. The van der Waals surface area contributed by atoms with Gasteiger partial charge in [-0.3, -0.25) is 24.3 Å². The summed E-state index contributed by atoms with van der Waals surface area (Å²) in [5.41, 5.74) is 0.716. The van der Waals surface area contributed by atoms with Crippen LogP contribution in [0.2, 0.25) is 0 Å². The summed E-state index contributed by atoms with van der Waals surface area (Å²) in [6.45, 7) is 3.04. The second-order valence-corrected chi connectivity index (χ2v) is 5.59. The third-order valence-corrected chi connectivity index (χ3v) is 3.42. The minimum absolute atomic E-state index is 0.269. The second-order valence-electron chi connectivity index (χ2n) is 4.59. The smallest absolute Gasteiger partial charge is 0.326 e. The fraction of sp³-hybridized carbons (Fsp3) is 0.286. The van der Waals surface area contributed by atoms with E-state index < -0.39 is 17.1 Å². The first-order valence-electron chi connectivity index (χ1n) is 6.32. The van der Waals surface area contributed by atoms with Crippen molar-refractivity contribution in [1.29, 1.82) is 0 Å². The third-order valence-electron chi connectivity index (χ3n) is 2.51. The fourth-order valence-electron chi connectivity index (χ4n) is 1.68. The van der Waals surface area contributed by atoms with Gasteiger partial charge >= 0.3 is 5.97 Å². The Labute approximate surface area is 126 Å². The summed E-state index contributed by atoms with van der Waals surface area (Å²) in [5.74, 6) is -1.09. The molecule has 110 valence electrons. The van der Waals surface area contributed by atoms with Crippen molar-refractivity contribution in [3.05, 3.63) is 35.0 Å². The number of hydrogen-bond donors (Lipinski definition) is 0. The number of esters is 1. The number of amides is 2. The predicted molar refractivity (Wildman–Crippen MR) is 78.1 cm³/mol. The molecular weight excluding hydrogens is 292 g/mol. The minimum Gasteiger partial charge on any atom is -0.462 e. The predicted octanol–water partition coefficient (Wildman–Crippen LogP) is 2.07. The molecule has 1 aromatic heterocycles. The van der Waals surface area contributed by atoms with Crippen molar-refractivity contribution in [1.82, 2.24) is 9.88 Å². The van der Waals surface area contributed by atoms with Crippen LogP contribution in [-0.2, 0) is 14.3 Å². The first-order valence-corrected chi connectivity index (χ1v) is 7.14. The van der Waals surface area contributed by atoms with E-state index in [0.717, 1.165) is 16.7 Å². The lowest BCUT2D eigenvalue weighted by Crippen LogP contribution is -2.35. The number of aromatic nitrogens is 1. The van der Waals surface area contributed by atoms with E-state index in [9.17, 15) is 14.4 Å². The van der Waals surface area contributed by atoms with E-state index in [2.05, 4.69) is 4.98 Å². The summed E-state index contributed by atoms with van der Waals surface area (Å²) in [6, 6.07) is 3.50. The summed E-state index contributed by atoms with van der Waals surface area (Å²) in [5, 5.41) is -0.476. The summed E-state index contributed by atoms with van der Waals surface area (Å²) in [7, 11) is 0. The Bertz CT molecular complexity index is 598. The highest BCUT2D eigenvalue weighted by Crippen LogP contribution is 2.31. The number of carbonyl (C=O) groups excluding carboxylic acids is 3. The number of thioether (sulfide) groups is 1. The van der Waals surface area contributed by atoms with Crippen LogP contribution in [0.3, 0.4) is 0 Å². The van der Waals surface area contributed by atoms with Crippen LogP contribution in [0.15, 0.2) is 29.4 Å². The highest BCUT2D eigenvalue weighted by atomic mass is 32.2. The van der Waals surface area contributed by atoms with Gasteiger partial charge in [0.15, 0.2) is 0 Å². The molecule has 0 N–H and O–H groups in total. The molecule has 0 bridgehead atoms. The standard InChI is InChI=1S/C14H14N2O4S/c1-9(2)20-12(17)8-16-13(18)11(21-14(16)19)6-10-4-3-5-15-7-10/h3-7,9H,8H2,1-2H3/b11-6+. The summed E-state index contributed by atoms with van der Waals surface area (Å²) in [4.78, 5) is 40.6. The molecule has 2 rings (SSSR count). The summed E-state index contributed by atoms with van der Waals surface area (Å²) >= 11 is 0.800. The molecule has 0 saturated carbocycles. The average molecular weight is 306 g/mol. The Morgan fingerprint density at radius 2 is 2.24 bits per heavy atom. The number of ether oxygens (including phenoxy) is 1. The van der Waals surface area contributed by atoms with Gasteiger partial charge in [-0.1, -0.05) is 6.07 Å². The van der Waals surface area contributed by atoms with Crippen molar-refractivity contribution >= 4 is 35.0 Å². The van der Waals surface area contributed by atoms with Gasteiger partial charge in [0.05, 0.1) is 11.0 Å². The first-order chi connectivity index (χ1) is 9.97. The van der Waals surface area contributed by atoms with Crippen LogP contribution in [-0.4, -0.2) is 39.6 Å².